The highest BCUT2D eigenvalue weighted by Crippen LogP contribution is 2.04. The van der Waals surface area contributed by atoms with E-state index in [0.717, 1.165) is 12.8 Å². The minimum Gasteiger partial charge on any atom is -0.0888 e. The largest absolute Gasteiger partial charge is 0.0888 e. The molecule has 0 unspecified atom stereocenters. The van der Waals surface area contributed by atoms with Crippen molar-refractivity contribution in [1.82, 2.24) is 0 Å². The van der Waals surface area contributed by atoms with E-state index in [1.54, 1.807) is 6.08 Å². The molecule has 0 spiro atoms. The molecular formula is C15H25. The number of hydrogen-bond acceptors (Lipinski definition) is 0. The average molecular weight is 205 g/mol. The van der Waals surface area contributed by atoms with Crippen molar-refractivity contribution in [3.8, 4) is 0 Å². The first-order valence-electron chi connectivity index (χ1n) is 6.25. The zero-order chi connectivity index (χ0) is 11.2. The van der Waals surface area contributed by atoms with Crippen molar-refractivity contribution in [3.63, 3.8) is 0 Å². The van der Waals surface area contributed by atoms with E-state index in [2.05, 4.69) is 31.2 Å². The number of allylic oxidation sites excluding steroid dienone is 5. The molecule has 0 heterocycles. The molecule has 0 aliphatic rings. The Morgan fingerprint density at radius 1 is 0.733 bits per heavy atom. The van der Waals surface area contributed by atoms with E-state index in [-0.39, 0.29) is 0 Å². The summed E-state index contributed by atoms with van der Waals surface area (Å²) in [5.74, 6) is 0. The molecule has 15 heavy (non-hydrogen) atoms. The van der Waals surface area contributed by atoms with Crippen LogP contribution in [-0.4, -0.2) is 0 Å². The third-order valence-corrected chi connectivity index (χ3v) is 2.31. The SMILES string of the molecule is [CH]=CCCCCCC=CCCC=CCC. The van der Waals surface area contributed by atoms with Crippen molar-refractivity contribution >= 4 is 0 Å². The van der Waals surface area contributed by atoms with Gasteiger partial charge in [-0.25, -0.2) is 0 Å². The topological polar surface area (TPSA) is 0 Å². The van der Waals surface area contributed by atoms with Gasteiger partial charge in [0.05, 0.1) is 0 Å². The molecule has 0 atom stereocenters. The fourth-order valence-corrected chi connectivity index (χ4v) is 1.41. The van der Waals surface area contributed by atoms with Gasteiger partial charge in [0.1, 0.15) is 0 Å². The first kappa shape index (κ1) is 14.2. The highest BCUT2D eigenvalue weighted by atomic mass is 13.9. The molecule has 0 fully saturated rings. The Morgan fingerprint density at radius 3 is 2.00 bits per heavy atom. The summed E-state index contributed by atoms with van der Waals surface area (Å²) >= 11 is 0. The summed E-state index contributed by atoms with van der Waals surface area (Å²) in [5.41, 5.74) is 0. The van der Waals surface area contributed by atoms with Crippen LogP contribution in [0.15, 0.2) is 30.4 Å². The average Bonchev–Trinajstić information content (AvgIpc) is 2.26. The number of unbranched alkanes of at least 4 members (excludes halogenated alkanes) is 5. The molecule has 0 heteroatoms. The summed E-state index contributed by atoms with van der Waals surface area (Å²) < 4.78 is 0. The quantitative estimate of drug-likeness (QED) is 0.338. The van der Waals surface area contributed by atoms with Gasteiger partial charge < -0.3 is 0 Å². The third-order valence-electron chi connectivity index (χ3n) is 2.31. The van der Waals surface area contributed by atoms with Gasteiger partial charge in [0.2, 0.25) is 0 Å². The second kappa shape index (κ2) is 13.2. The molecule has 0 aromatic carbocycles. The fourth-order valence-electron chi connectivity index (χ4n) is 1.41. The zero-order valence-corrected chi connectivity index (χ0v) is 10.1. The molecular weight excluding hydrogens is 180 g/mol. The number of hydrogen-bond donors (Lipinski definition) is 0. The Kier molecular flexibility index (Phi) is 12.5. The Morgan fingerprint density at radius 2 is 1.33 bits per heavy atom. The smallest absolute Gasteiger partial charge is 0.0316 e. The standard InChI is InChI=1S/C15H25/c1-3-5-7-9-11-13-15-14-12-10-8-6-4-2/h1,3,6,8,14-15H,4-5,7,9-13H2,2H3. The van der Waals surface area contributed by atoms with Crippen molar-refractivity contribution < 1.29 is 0 Å². The van der Waals surface area contributed by atoms with Crippen LogP contribution in [0.5, 0.6) is 0 Å². The molecule has 0 bridgehead atoms. The molecule has 0 saturated heterocycles. The summed E-state index contributed by atoms with van der Waals surface area (Å²) in [5, 5.41) is 0. The molecule has 0 rings (SSSR count). The summed E-state index contributed by atoms with van der Waals surface area (Å²) in [6, 6.07) is 0. The monoisotopic (exact) mass is 205 g/mol. The first-order chi connectivity index (χ1) is 7.41. The molecule has 0 N–H and O–H groups in total. The van der Waals surface area contributed by atoms with Gasteiger partial charge in [-0.1, -0.05) is 50.3 Å². The number of rotatable bonds is 10. The first-order valence-corrected chi connectivity index (χ1v) is 6.25. The summed E-state index contributed by atoms with van der Waals surface area (Å²) in [7, 11) is 0. The third kappa shape index (κ3) is 13.2. The Bertz CT molecular complexity index is 174. The van der Waals surface area contributed by atoms with Crippen LogP contribution in [0.1, 0.15) is 58.3 Å². The molecule has 0 aliphatic heterocycles. The van der Waals surface area contributed by atoms with Gasteiger partial charge in [0.25, 0.3) is 0 Å². The molecule has 0 nitrogen and oxygen atoms in total. The Balaban J connectivity index is 3.10. The van der Waals surface area contributed by atoms with Crippen LogP contribution in [-0.2, 0) is 0 Å². The highest BCUT2D eigenvalue weighted by Gasteiger charge is 1.84. The second-order valence-corrected chi connectivity index (χ2v) is 3.80. The van der Waals surface area contributed by atoms with E-state index in [0.29, 0.717) is 0 Å². The predicted molar refractivity (Wildman–Crippen MR) is 69.8 cm³/mol. The van der Waals surface area contributed by atoms with Crippen LogP contribution in [0.4, 0.5) is 0 Å². The molecule has 85 valence electrons. The highest BCUT2D eigenvalue weighted by molar-refractivity contribution is 4.87. The van der Waals surface area contributed by atoms with Crippen LogP contribution in [0, 0.1) is 6.58 Å². The van der Waals surface area contributed by atoms with Crippen molar-refractivity contribution in [2.75, 3.05) is 0 Å². The van der Waals surface area contributed by atoms with Crippen LogP contribution >= 0.6 is 0 Å². The maximum absolute atomic E-state index is 5.30. The van der Waals surface area contributed by atoms with Crippen LogP contribution in [0.3, 0.4) is 0 Å². The molecule has 0 aromatic rings. The maximum Gasteiger partial charge on any atom is -0.0316 e. The molecule has 0 amide bonds. The lowest BCUT2D eigenvalue weighted by Gasteiger charge is -1.94. The van der Waals surface area contributed by atoms with Crippen molar-refractivity contribution in [3.05, 3.63) is 37.0 Å². The zero-order valence-electron chi connectivity index (χ0n) is 10.1. The van der Waals surface area contributed by atoms with Crippen LogP contribution < -0.4 is 0 Å². The van der Waals surface area contributed by atoms with Gasteiger partial charge in [-0.05, 0) is 44.9 Å². The van der Waals surface area contributed by atoms with E-state index < -0.39 is 0 Å². The van der Waals surface area contributed by atoms with Gasteiger partial charge in [0.15, 0.2) is 0 Å². The normalized spacial score (nSPS) is 11.5. The predicted octanol–water partition coefficient (Wildman–Crippen LogP) is 5.23. The second-order valence-electron chi connectivity index (χ2n) is 3.80. The lowest BCUT2D eigenvalue weighted by atomic mass is 10.1. The minimum absolute atomic E-state index is 1.06. The lowest BCUT2D eigenvalue weighted by molar-refractivity contribution is 0.695. The van der Waals surface area contributed by atoms with Crippen molar-refractivity contribution in [2.45, 2.75) is 58.3 Å². The molecule has 0 aliphatic carbocycles. The van der Waals surface area contributed by atoms with Crippen molar-refractivity contribution in [2.24, 2.45) is 0 Å². The van der Waals surface area contributed by atoms with Crippen molar-refractivity contribution in [1.29, 1.82) is 0 Å². The van der Waals surface area contributed by atoms with E-state index in [1.165, 1.54) is 38.5 Å². The molecule has 1 radical (unpaired) electrons. The molecule has 0 saturated carbocycles. The van der Waals surface area contributed by atoms with Crippen LogP contribution in [0.25, 0.3) is 0 Å². The van der Waals surface area contributed by atoms with Gasteiger partial charge in [-0.2, -0.15) is 0 Å². The van der Waals surface area contributed by atoms with Gasteiger partial charge in [-0.15, -0.1) is 0 Å². The van der Waals surface area contributed by atoms with Gasteiger partial charge >= 0.3 is 0 Å². The summed E-state index contributed by atoms with van der Waals surface area (Å²) in [4.78, 5) is 0. The van der Waals surface area contributed by atoms with Gasteiger partial charge in [0, 0.05) is 0 Å². The van der Waals surface area contributed by atoms with E-state index in [1.807, 2.05) is 0 Å². The summed E-state index contributed by atoms with van der Waals surface area (Å²) in [6.45, 7) is 7.48. The Hall–Kier alpha value is -0.780. The summed E-state index contributed by atoms with van der Waals surface area (Å²) in [6.07, 6.45) is 20.5. The van der Waals surface area contributed by atoms with Crippen LogP contribution in [0.2, 0.25) is 0 Å². The lowest BCUT2D eigenvalue weighted by Crippen LogP contribution is -1.74. The van der Waals surface area contributed by atoms with Gasteiger partial charge in [-0.3, -0.25) is 0 Å². The fraction of sp³-hybridized carbons (Fsp3) is 0.600. The minimum atomic E-state index is 1.06. The Labute approximate surface area is 95.8 Å². The van der Waals surface area contributed by atoms with E-state index in [4.69, 9.17) is 6.58 Å². The van der Waals surface area contributed by atoms with E-state index in [9.17, 15) is 0 Å². The van der Waals surface area contributed by atoms with E-state index >= 15 is 0 Å². The maximum atomic E-state index is 5.30. The molecule has 0 aromatic heterocycles.